The summed E-state index contributed by atoms with van der Waals surface area (Å²) in [6, 6.07) is 13.5. The van der Waals surface area contributed by atoms with Gasteiger partial charge in [-0.3, -0.25) is 4.79 Å². The molecule has 0 unspecified atom stereocenters. The molecule has 8 heteroatoms. The Morgan fingerprint density at radius 3 is 2.15 bits per heavy atom. The number of benzene rings is 2. The first-order valence-electron chi connectivity index (χ1n) is 8.43. The van der Waals surface area contributed by atoms with Crippen molar-refractivity contribution in [3.05, 3.63) is 65.5 Å². The average molecular weight is 387 g/mol. The largest absolute Gasteiger partial charge is 0.340 e. The normalized spacial score (nSPS) is 15.3. The van der Waals surface area contributed by atoms with E-state index in [0.717, 1.165) is 0 Å². The van der Waals surface area contributed by atoms with Gasteiger partial charge in [0.1, 0.15) is 5.82 Å². The van der Waals surface area contributed by atoms with E-state index < -0.39 is 10.0 Å². The number of carbonyl (C=O) groups excluding carboxylic acids is 1. The topological polar surface area (TPSA) is 81.5 Å². The first kappa shape index (κ1) is 19.0. The smallest absolute Gasteiger partial charge is 0.243 e. The lowest BCUT2D eigenvalue weighted by molar-refractivity contribution is -0.131. The maximum Gasteiger partial charge on any atom is 0.243 e. The number of nitriles is 1. The molecule has 2 aromatic carbocycles. The number of nitrogens with zero attached hydrogens (tertiary/aromatic N) is 3. The van der Waals surface area contributed by atoms with Crippen molar-refractivity contribution in [1.82, 2.24) is 9.21 Å². The lowest BCUT2D eigenvalue weighted by atomic mass is 10.1. The van der Waals surface area contributed by atoms with Crippen LogP contribution >= 0.6 is 0 Å². The second kappa shape index (κ2) is 7.86. The van der Waals surface area contributed by atoms with Gasteiger partial charge in [-0.15, -0.1) is 0 Å². The molecule has 1 aliphatic rings. The van der Waals surface area contributed by atoms with E-state index in [4.69, 9.17) is 5.26 Å². The van der Waals surface area contributed by atoms with E-state index in [0.29, 0.717) is 24.2 Å². The van der Waals surface area contributed by atoms with Crippen LogP contribution in [0.4, 0.5) is 4.39 Å². The SMILES string of the molecule is N#Cc1ccc(S(=O)(=O)N2CCN(C(=O)Cc3ccc(F)cc3)CC2)cc1. The number of amides is 1. The molecular weight excluding hydrogens is 369 g/mol. The fourth-order valence-electron chi connectivity index (χ4n) is 2.92. The highest BCUT2D eigenvalue weighted by Gasteiger charge is 2.30. The van der Waals surface area contributed by atoms with Crippen molar-refractivity contribution in [1.29, 1.82) is 5.26 Å². The molecule has 0 saturated carbocycles. The minimum absolute atomic E-state index is 0.114. The van der Waals surface area contributed by atoms with E-state index in [1.54, 1.807) is 17.0 Å². The van der Waals surface area contributed by atoms with E-state index in [9.17, 15) is 17.6 Å². The molecule has 0 atom stereocenters. The predicted molar refractivity (Wildman–Crippen MR) is 96.6 cm³/mol. The Morgan fingerprint density at radius 1 is 1.00 bits per heavy atom. The molecule has 0 aliphatic carbocycles. The molecule has 0 radical (unpaired) electrons. The van der Waals surface area contributed by atoms with Crippen LogP contribution in [-0.4, -0.2) is 49.7 Å². The van der Waals surface area contributed by atoms with Gasteiger partial charge in [0.15, 0.2) is 0 Å². The molecular formula is C19H18FN3O3S. The van der Waals surface area contributed by atoms with Gasteiger partial charge in [-0.2, -0.15) is 9.57 Å². The fraction of sp³-hybridized carbons (Fsp3) is 0.263. The third-order valence-corrected chi connectivity index (χ3v) is 6.39. The van der Waals surface area contributed by atoms with Crippen molar-refractivity contribution in [3.63, 3.8) is 0 Å². The number of hydrogen-bond donors (Lipinski definition) is 0. The Bertz CT molecular complexity index is 959. The summed E-state index contributed by atoms with van der Waals surface area (Å²) < 4.78 is 39.7. The highest BCUT2D eigenvalue weighted by atomic mass is 32.2. The summed E-state index contributed by atoms with van der Waals surface area (Å²) in [6.07, 6.45) is 0.155. The van der Waals surface area contributed by atoms with Gasteiger partial charge >= 0.3 is 0 Å². The standard InChI is InChI=1S/C19H18FN3O3S/c20-17-5-1-15(2-6-17)13-19(24)22-9-11-23(12-10-22)27(25,26)18-7-3-16(14-21)4-8-18/h1-8H,9-13H2. The maximum absolute atomic E-state index is 12.9. The summed E-state index contributed by atoms with van der Waals surface area (Å²) in [5, 5.41) is 8.81. The summed E-state index contributed by atoms with van der Waals surface area (Å²) >= 11 is 0. The number of rotatable bonds is 4. The molecule has 1 amide bonds. The van der Waals surface area contributed by atoms with Crippen LogP contribution in [0.3, 0.4) is 0 Å². The van der Waals surface area contributed by atoms with E-state index >= 15 is 0 Å². The van der Waals surface area contributed by atoms with E-state index in [1.807, 2.05) is 6.07 Å². The zero-order valence-electron chi connectivity index (χ0n) is 14.5. The van der Waals surface area contributed by atoms with Gasteiger partial charge in [-0.25, -0.2) is 12.8 Å². The third kappa shape index (κ3) is 4.32. The van der Waals surface area contributed by atoms with Crippen molar-refractivity contribution >= 4 is 15.9 Å². The highest BCUT2D eigenvalue weighted by Crippen LogP contribution is 2.18. The Labute approximate surface area is 157 Å². The number of carbonyl (C=O) groups is 1. The van der Waals surface area contributed by atoms with Gasteiger partial charge < -0.3 is 4.90 Å². The van der Waals surface area contributed by atoms with Crippen LogP contribution in [0.1, 0.15) is 11.1 Å². The predicted octanol–water partition coefficient (Wildman–Crippen LogP) is 1.77. The highest BCUT2D eigenvalue weighted by molar-refractivity contribution is 7.89. The summed E-state index contributed by atoms with van der Waals surface area (Å²) in [7, 11) is -3.66. The minimum atomic E-state index is -3.66. The fourth-order valence-corrected chi connectivity index (χ4v) is 4.34. The monoisotopic (exact) mass is 387 g/mol. The Morgan fingerprint density at radius 2 is 1.59 bits per heavy atom. The Kier molecular flexibility index (Phi) is 5.54. The lowest BCUT2D eigenvalue weighted by Crippen LogP contribution is -2.50. The molecule has 6 nitrogen and oxygen atoms in total. The van der Waals surface area contributed by atoms with Gasteiger partial charge in [0.2, 0.25) is 15.9 Å². The lowest BCUT2D eigenvalue weighted by Gasteiger charge is -2.34. The maximum atomic E-state index is 12.9. The number of piperazine rings is 1. The molecule has 27 heavy (non-hydrogen) atoms. The summed E-state index contributed by atoms with van der Waals surface area (Å²) in [5.41, 5.74) is 1.11. The van der Waals surface area contributed by atoms with Crippen LogP contribution in [0, 0.1) is 17.1 Å². The van der Waals surface area contributed by atoms with Crippen LogP contribution < -0.4 is 0 Å². The summed E-state index contributed by atoms with van der Waals surface area (Å²) in [4.78, 5) is 14.1. The number of sulfonamides is 1. The van der Waals surface area contributed by atoms with Crippen LogP contribution in [0.2, 0.25) is 0 Å². The molecule has 0 spiro atoms. The molecule has 3 rings (SSSR count). The average Bonchev–Trinajstić information content (AvgIpc) is 2.70. The third-order valence-electron chi connectivity index (χ3n) is 4.48. The van der Waals surface area contributed by atoms with Gasteiger partial charge in [0.05, 0.1) is 22.9 Å². The van der Waals surface area contributed by atoms with Gasteiger partial charge in [-0.1, -0.05) is 12.1 Å². The first-order valence-corrected chi connectivity index (χ1v) is 9.87. The molecule has 2 aromatic rings. The molecule has 0 aromatic heterocycles. The van der Waals surface area contributed by atoms with Crippen LogP contribution in [-0.2, 0) is 21.2 Å². The minimum Gasteiger partial charge on any atom is -0.340 e. The zero-order chi connectivity index (χ0) is 19.4. The van der Waals surface area contributed by atoms with Crippen LogP contribution in [0.25, 0.3) is 0 Å². The van der Waals surface area contributed by atoms with Crippen molar-refractivity contribution in [3.8, 4) is 6.07 Å². The van der Waals surface area contributed by atoms with Crippen molar-refractivity contribution in [2.24, 2.45) is 0 Å². The first-order chi connectivity index (χ1) is 12.9. The Balaban J connectivity index is 1.61. The summed E-state index contributed by atoms with van der Waals surface area (Å²) in [5.74, 6) is -0.468. The molecule has 0 bridgehead atoms. The summed E-state index contributed by atoms with van der Waals surface area (Å²) in [6.45, 7) is 1.01. The van der Waals surface area contributed by atoms with Gasteiger partial charge in [-0.05, 0) is 42.0 Å². The van der Waals surface area contributed by atoms with E-state index in [1.165, 1.54) is 40.7 Å². The Hall–Kier alpha value is -2.76. The number of halogens is 1. The van der Waals surface area contributed by atoms with E-state index in [-0.39, 0.29) is 36.1 Å². The molecule has 1 fully saturated rings. The van der Waals surface area contributed by atoms with Crippen LogP contribution in [0.5, 0.6) is 0 Å². The quantitative estimate of drug-likeness (QED) is 0.801. The molecule has 1 saturated heterocycles. The van der Waals surface area contributed by atoms with Gasteiger partial charge in [0, 0.05) is 26.2 Å². The van der Waals surface area contributed by atoms with Gasteiger partial charge in [0.25, 0.3) is 0 Å². The molecule has 0 N–H and O–H groups in total. The molecule has 1 heterocycles. The zero-order valence-corrected chi connectivity index (χ0v) is 15.3. The van der Waals surface area contributed by atoms with Crippen molar-refractivity contribution in [2.75, 3.05) is 26.2 Å². The van der Waals surface area contributed by atoms with Crippen molar-refractivity contribution < 1.29 is 17.6 Å². The second-order valence-corrected chi connectivity index (χ2v) is 8.16. The van der Waals surface area contributed by atoms with E-state index in [2.05, 4.69) is 0 Å². The van der Waals surface area contributed by atoms with Crippen LogP contribution in [0.15, 0.2) is 53.4 Å². The van der Waals surface area contributed by atoms with Crippen molar-refractivity contribution in [2.45, 2.75) is 11.3 Å². The number of hydrogen-bond acceptors (Lipinski definition) is 4. The molecule has 1 aliphatic heterocycles. The second-order valence-electron chi connectivity index (χ2n) is 6.22. The molecule has 140 valence electrons.